The van der Waals surface area contributed by atoms with E-state index in [4.69, 9.17) is 29.2 Å². The number of carbonyl (C=O) groups excluding carboxylic acids is 1. The van der Waals surface area contributed by atoms with Crippen molar-refractivity contribution in [2.45, 2.75) is 51.5 Å². The summed E-state index contributed by atoms with van der Waals surface area (Å²) in [4.78, 5) is 44.7. The summed E-state index contributed by atoms with van der Waals surface area (Å²) in [6.07, 6.45) is -5.83. The molecule has 47 heavy (non-hydrogen) atoms. The van der Waals surface area contributed by atoms with E-state index >= 15 is 0 Å². The molecular weight excluding hydrogens is 640 g/mol. The number of carboxylic acid groups (broad SMARTS) is 2. The molecule has 3 aromatic rings. The molecule has 258 valence electrons. The van der Waals surface area contributed by atoms with Crippen LogP contribution >= 0.6 is 0 Å². The van der Waals surface area contributed by atoms with Crippen molar-refractivity contribution < 1.29 is 55.4 Å². The van der Waals surface area contributed by atoms with Gasteiger partial charge in [0.05, 0.1) is 12.8 Å². The van der Waals surface area contributed by atoms with E-state index in [1.165, 1.54) is 5.56 Å². The summed E-state index contributed by atoms with van der Waals surface area (Å²) in [5.74, 6) is -3.49. The fourth-order valence-corrected chi connectivity index (χ4v) is 3.90. The van der Waals surface area contributed by atoms with Crippen LogP contribution in [-0.2, 0) is 28.0 Å². The molecule has 0 atom stereocenters. The molecule has 0 bridgehead atoms. The first-order valence-corrected chi connectivity index (χ1v) is 14.1. The summed E-state index contributed by atoms with van der Waals surface area (Å²) >= 11 is 0. The molecule has 1 aliphatic rings. The fraction of sp³-hybridized carbons (Fsp3) is 0.433. The minimum Gasteiger partial charge on any atom is -0.475 e. The van der Waals surface area contributed by atoms with E-state index in [1.54, 1.807) is 12.5 Å². The number of anilines is 1. The number of nitrogens with one attached hydrogen (secondary N) is 1. The molecule has 1 fully saturated rings. The molecular formula is C30H35F6N5O6. The van der Waals surface area contributed by atoms with Crippen LogP contribution in [0.1, 0.15) is 48.3 Å². The van der Waals surface area contributed by atoms with Gasteiger partial charge in [-0.15, -0.1) is 0 Å². The van der Waals surface area contributed by atoms with Gasteiger partial charge in [0, 0.05) is 44.3 Å². The number of benzene rings is 1. The normalized spacial score (nSPS) is 13.9. The standard InChI is InChI=1S/C26H33N5O2.2C2HF3O2/c1-26(2,3)25-28-19-22(23(29-25)27-18-21-10-7-17-33-21)24(32)31-15-13-30(14-16-31)12-11-20-8-5-4-6-9-20;2*3-2(4,5)1(6)7/h4-10,17,19H,11-16,18H2,1-3H3,(H,27,28,29);2*(H,6,7). The maximum atomic E-state index is 13.4. The van der Waals surface area contributed by atoms with E-state index in [2.05, 4.69) is 60.2 Å². The second-order valence-electron chi connectivity index (χ2n) is 11.1. The van der Waals surface area contributed by atoms with Gasteiger partial charge in [-0.05, 0) is 24.1 Å². The molecule has 0 radical (unpaired) electrons. The zero-order valence-electron chi connectivity index (χ0n) is 25.7. The van der Waals surface area contributed by atoms with Crippen molar-refractivity contribution >= 4 is 23.7 Å². The van der Waals surface area contributed by atoms with Crippen LogP contribution in [0.15, 0.2) is 59.3 Å². The van der Waals surface area contributed by atoms with Crippen molar-refractivity contribution in [1.82, 2.24) is 19.8 Å². The van der Waals surface area contributed by atoms with Crippen LogP contribution in [-0.4, -0.2) is 92.9 Å². The molecule has 0 spiro atoms. The zero-order chi connectivity index (χ0) is 35.4. The lowest BCUT2D eigenvalue weighted by atomic mass is 9.95. The Balaban J connectivity index is 0.000000459. The highest BCUT2D eigenvalue weighted by Crippen LogP contribution is 2.23. The number of carboxylic acids is 2. The molecule has 3 heterocycles. The number of halogens is 6. The van der Waals surface area contributed by atoms with Gasteiger partial charge in [0.2, 0.25) is 0 Å². The first-order valence-electron chi connectivity index (χ1n) is 14.1. The van der Waals surface area contributed by atoms with Gasteiger partial charge >= 0.3 is 24.3 Å². The van der Waals surface area contributed by atoms with Gasteiger partial charge in [-0.1, -0.05) is 51.1 Å². The summed E-state index contributed by atoms with van der Waals surface area (Å²) in [6, 6.07) is 14.3. The van der Waals surface area contributed by atoms with Crippen molar-refractivity contribution in [2.24, 2.45) is 0 Å². The number of alkyl halides is 6. The lowest BCUT2D eigenvalue weighted by Gasteiger charge is -2.35. The fourth-order valence-electron chi connectivity index (χ4n) is 3.90. The molecule has 2 aromatic heterocycles. The average molecular weight is 676 g/mol. The molecule has 4 rings (SSSR count). The maximum Gasteiger partial charge on any atom is 0.490 e. The lowest BCUT2D eigenvalue weighted by Crippen LogP contribution is -2.49. The molecule has 0 saturated carbocycles. The van der Waals surface area contributed by atoms with Crippen LogP contribution in [0.2, 0.25) is 0 Å². The molecule has 3 N–H and O–H groups in total. The maximum absolute atomic E-state index is 13.4. The van der Waals surface area contributed by atoms with E-state index in [-0.39, 0.29) is 11.3 Å². The van der Waals surface area contributed by atoms with E-state index in [0.717, 1.165) is 31.8 Å². The Morgan fingerprint density at radius 1 is 0.872 bits per heavy atom. The molecule has 0 aliphatic carbocycles. The van der Waals surface area contributed by atoms with Crippen molar-refractivity contribution in [3.05, 3.63) is 77.6 Å². The number of rotatable bonds is 7. The third-order valence-corrected chi connectivity index (χ3v) is 6.40. The SMILES string of the molecule is CC(C)(C)c1ncc(C(=O)N2CCN(CCc3ccccc3)CC2)c(NCc2ccco2)n1.O=C(O)C(F)(F)F.O=C(O)C(F)(F)F. The van der Waals surface area contributed by atoms with Gasteiger partial charge in [-0.25, -0.2) is 19.6 Å². The Hall–Kier alpha value is -4.67. The van der Waals surface area contributed by atoms with Gasteiger partial charge in [0.15, 0.2) is 0 Å². The zero-order valence-corrected chi connectivity index (χ0v) is 25.7. The second kappa shape index (κ2) is 16.8. The number of furan rings is 1. The van der Waals surface area contributed by atoms with Crippen molar-refractivity contribution in [2.75, 3.05) is 38.0 Å². The highest BCUT2D eigenvalue weighted by Gasteiger charge is 2.39. The van der Waals surface area contributed by atoms with Crippen molar-refractivity contribution in [3.8, 4) is 0 Å². The molecule has 1 amide bonds. The second-order valence-corrected chi connectivity index (χ2v) is 11.1. The third-order valence-electron chi connectivity index (χ3n) is 6.40. The number of amides is 1. The Morgan fingerprint density at radius 2 is 1.43 bits per heavy atom. The predicted octanol–water partition coefficient (Wildman–Crippen LogP) is 5.25. The largest absolute Gasteiger partial charge is 0.490 e. The lowest BCUT2D eigenvalue weighted by molar-refractivity contribution is -0.193. The third kappa shape index (κ3) is 13.3. The summed E-state index contributed by atoms with van der Waals surface area (Å²) in [5, 5.41) is 17.5. The number of hydrogen-bond acceptors (Lipinski definition) is 8. The van der Waals surface area contributed by atoms with Crippen LogP contribution in [0, 0.1) is 0 Å². The Morgan fingerprint density at radius 3 is 1.89 bits per heavy atom. The van der Waals surface area contributed by atoms with Gasteiger partial charge in [-0.2, -0.15) is 26.3 Å². The van der Waals surface area contributed by atoms with Gasteiger partial charge < -0.3 is 24.8 Å². The Bertz CT molecular complexity index is 1410. The Labute approximate surface area is 266 Å². The van der Waals surface area contributed by atoms with E-state index < -0.39 is 24.3 Å². The quantitative estimate of drug-likeness (QED) is 0.284. The van der Waals surface area contributed by atoms with Crippen molar-refractivity contribution in [3.63, 3.8) is 0 Å². The van der Waals surface area contributed by atoms with Crippen molar-refractivity contribution in [1.29, 1.82) is 0 Å². The van der Waals surface area contributed by atoms with Crippen LogP contribution in [0.25, 0.3) is 0 Å². The first kappa shape index (κ1) is 38.5. The highest BCUT2D eigenvalue weighted by atomic mass is 19.4. The summed E-state index contributed by atoms with van der Waals surface area (Å²) < 4.78 is 68.9. The highest BCUT2D eigenvalue weighted by molar-refractivity contribution is 5.98. The first-order chi connectivity index (χ1) is 21.8. The van der Waals surface area contributed by atoms with Gasteiger partial charge in [-0.3, -0.25) is 9.69 Å². The van der Waals surface area contributed by atoms with E-state index in [1.807, 2.05) is 23.1 Å². The van der Waals surface area contributed by atoms with E-state index in [9.17, 15) is 31.1 Å². The van der Waals surface area contributed by atoms with E-state index in [0.29, 0.717) is 36.8 Å². The molecule has 1 saturated heterocycles. The molecule has 17 heteroatoms. The topological polar surface area (TPSA) is 149 Å². The van der Waals surface area contributed by atoms with Crippen LogP contribution < -0.4 is 5.32 Å². The number of nitrogens with zero attached hydrogens (tertiary/aromatic N) is 4. The predicted molar refractivity (Wildman–Crippen MR) is 157 cm³/mol. The number of hydrogen-bond donors (Lipinski definition) is 3. The molecule has 11 nitrogen and oxygen atoms in total. The smallest absolute Gasteiger partial charge is 0.475 e. The van der Waals surface area contributed by atoms with Crippen LogP contribution in [0.3, 0.4) is 0 Å². The number of aliphatic carboxylic acids is 2. The average Bonchev–Trinajstić information content (AvgIpc) is 3.52. The molecule has 1 aliphatic heterocycles. The molecule has 1 aromatic carbocycles. The summed E-state index contributed by atoms with van der Waals surface area (Å²) in [6.45, 7) is 10.8. The number of carbonyl (C=O) groups is 3. The molecule has 0 unspecified atom stereocenters. The Kier molecular flexibility index (Phi) is 13.7. The number of piperazine rings is 1. The minimum absolute atomic E-state index is 0.0277. The van der Waals surface area contributed by atoms with Crippen LogP contribution in [0.5, 0.6) is 0 Å². The van der Waals surface area contributed by atoms with Crippen LogP contribution in [0.4, 0.5) is 32.2 Å². The number of aromatic nitrogens is 2. The van der Waals surface area contributed by atoms with Gasteiger partial charge in [0.25, 0.3) is 5.91 Å². The minimum atomic E-state index is -5.08. The monoisotopic (exact) mass is 675 g/mol. The summed E-state index contributed by atoms with van der Waals surface area (Å²) in [5.41, 5.74) is 1.64. The summed E-state index contributed by atoms with van der Waals surface area (Å²) in [7, 11) is 0. The van der Waals surface area contributed by atoms with Gasteiger partial charge in [0.1, 0.15) is 23.0 Å².